The zero-order chi connectivity index (χ0) is 10.6. The molecule has 0 heterocycles. The van der Waals surface area contributed by atoms with Gasteiger partial charge in [-0.05, 0) is 37.5 Å². The third kappa shape index (κ3) is 4.95. The first-order chi connectivity index (χ1) is 6.61. The fourth-order valence-electron chi connectivity index (χ4n) is 1.29. The molecule has 2 saturated carbocycles. The molecule has 0 saturated heterocycles. The molecule has 4 nitrogen and oxygen atoms in total. The van der Waals surface area contributed by atoms with Gasteiger partial charge in [0, 0.05) is 11.9 Å². The first-order valence-corrected chi connectivity index (χ1v) is 5.03. The van der Waals surface area contributed by atoms with Crippen LogP contribution in [0, 0.1) is 11.8 Å². The van der Waals surface area contributed by atoms with Gasteiger partial charge in [-0.15, -0.1) is 0 Å². The normalized spacial score (nSPS) is 19.7. The Morgan fingerprint density at radius 3 is 1.07 bits per heavy atom. The molecule has 0 N–H and O–H groups in total. The van der Waals surface area contributed by atoms with Gasteiger partial charge in [0.05, 0.1) is 0 Å². The molecule has 2 aliphatic rings. The molecule has 2 fully saturated rings. The van der Waals surface area contributed by atoms with Gasteiger partial charge < -0.3 is 19.8 Å². The fourth-order valence-corrected chi connectivity index (χ4v) is 1.29. The van der Waals surface area contributed by atoms with Crippen molar-refractivity contribution in [2.75, 3.05) is 0 Å². The van der Waals surface area contributed by atoms with E-state index in [0.29, 0.717) is 0 Å². The van der Waals surface area contributed by atoms with Crippen LogP contribution in [0.15, 0.2) is 0 Å². The van der Waals surface area contributed by atoms with E-state index in [2.05, 4.69) is 0 Å². The van der Waals surface area contributed by atoms with Crippen LogP contribution >= 0.6 is 0 Å². The number of hydrogen-bond acceptors (Lipinski definition) is 4. The molecule has 0 radical (unpaired) electrons. The summed E-state index contributed by atoms with van der Waals surface area (Å²) < 4.78 is 0. The van der Waals surface area contributed by atoms with Gasteiger partial charge in [0.15, 0.2) is 0 Å². The summed E-state index contributed by atoms with van der Waals surface area (Å²) in [5, 5.41) is 19.7. The van der Waals surface area contributed by atoms with E-state index in [1.165, 1.54) is 0 Å². The van der Waals surface area contributed by atoms with Gasteiger partial charge in [0.2, 0.25) is 0 Å². The Balaban J connectivity index is 0.000000245. The van der Waals surface area contributed by atoms with Crippen molar-refractivity contribution in [3.8, 4) is 0 Å². The summed E-state index contributed by atoms with van der Waals surface area (Å²) in [5.41, 5.74) is 0. The number of carbonyl (C=O) groups excluding carboxylic acids is 2. The van der Waals surface area contributed by atoms with Crippen LogP contribution in [0.4, 0.5) is 0 Å². The van der Waals surface area contributed by atoms with Crippen molar-refractivity contribution in [1.82, 2.24) is 0 Å². The van der Waals surface area contributed by atoms with E-state index in [1.807, 2.05) is 0 Å². The molecule has 0 atom stereocenters. The number of aliphatic carboxylic acids is 2. The van der Waals surface area contributed by atoms with Crippen LogP contribution < -0.4 is 10.2 Å². The van der Waals surface area contributed by atoms with Crippen molar-refractivity contribution in [2.24, 2.45) is 11.8 Å². The predicted molar refractivity (Wildman–Crippen MR) is 44.7 cm³/mol. The summed E-state index contributed by atoms with van der Waals surface area (Å²) in [7, 11) is 0. The summed E-state index contributed by atoms with van der Waals surface area (Å²) in [6, 6.07) is 0. The maximum absolute atomic E-state index is 9.87. The van der Waals surface area contributed by atoms with E-state index >= 15 is 0 Å². The molecule has 15 heavy (non-hydrogen) atoms. The smallest absolute Gasteiger partial charge is 0.550 e. The second kappa shape index (κ2) is 7.20. The average molecular weight is 399 g/mol. The van der Waals surface area contributed by atoms with E-state index in [0.717, 1.165) is 38.5 Å². The molecule has 2 rings (SSSR count). The van der Waals surface area contributed by atoms with Gasteiger partial charge in [-0.2, -0.15) is 0 Å². The number of rotatable bonds is 2. The van der Waals surface area contributed by atoms with Gasteiger partial charge in [0.1, 0.15) is 0 Å². The van der Waals surface area contributed by atoms with Gasteiger partial charge in [-0.25, -0.2) is 0 Å². The zero-order valence-electron chi connectivity index (χ0n) is 8.74. The number of carboxylic acid groups (broad SMARTS) is 2. The monoisotopic (exact) mass is 400 g/mol. The minimum absolute atomic E-state index is 0. The Morgan fingerprint density at radius 1 is 0.800 bits per heavy atom. The van der Waals surface area contributed by atoms with Crippen molar-refractivity contribution >= 4 is 11.9 Å². The molecule has 80 valence electrons. The third-order valence-corrected chi connectivity index (χ3v) is 2.88. The molecule has 0 amide bonds. The first-order valence-electron chi connectivity index (χ1n) is 5.03. The van der Waals surface area contributed by atoms with Gasteiger partial charge in [-0.1, -0.05) is 12.8 Å². The first kappa shape index (κ1) is 14.9. The van der Waals surface area contributed by atoms with E-state index < -0.39 is 11.9 Å². The van der Waals surface area contributed by atoms with E-state index in [9.17, 15) is 19.8 Å². The average Bonchev–Trinajstić information content (AvgIpc) is 1.74. The van der Waals surface area contributed by atoms with E-state index in [1.54, 1.807) is 0 Å². The Bertz CT molecular complexity index is 197. The molecule has 0 aromatic carbocycles. The molecular formula is C10H14HgO4. The second-order valence-electron chi connectivity index (χ2n) is 3.89. The van der Waals surface area contributed by atoms with Crippen molar-refractivity contribution in [2.45, 2.75) is 38.5 Å². The summed E-state index contributed by atoms with van der Waals surface area (Å²) >= 11 is 0. The zero-order valence-corrected chi connectivity index (χ0v) is 14.2. The van der Waals surface area contributed by atoms with Crippen molar-refractivity contribution in [3.05, 3.63) is 0 Å². The summed E-state index contributed by atoms with van der Waals surface area (Å²) in [6.45, 7) is 0. The molecule has 5 heteroatoms. The molecule has 0 bridgehead atoms. The van der Waals surface area contributed by atoms with Crippen LogP contribution in [-0.2, 0) is 37.3 Å². The SMILES string of the molecule is O=C([O-])C1CCC1.O=C([O-])C1CCC1.[Hg+2]. The van der Waals surface area contributed by atoms with Gasteiger partial charge in [0.25, 0.3) is 0 Å². The van der Waals surface area contributed by atoms with Crippen LogP contribution in [0.2, 0.25) is 0 Å². The summed E-state index contributed by atoms with van der Waals surface area (Å²) in [5.74, 6) is -1.96. The fraction of sp³-hybridized carbons (Fsp3) is 0.800. The van der Waals surface area contributed by atoms with Crippen LogP contribution in [0.3, 0.4) is 0 Å². The standard InChI is InChI=1S/2C5H8O2.Hg/c2*6-5(7)4-2-1-3-4;/h2*4H,1-3H2,(H,6,7);/q;;+2/p-2. The quantitative estimate of drug-likeness (QED) is 0.563. The summed E-state index contributed by atoms with van der Waals surface area (Å²) in [6.07, 6.45) is 5.48. The Labute approximate surface area is 110 Å². The Morgan fingerprint density at radius 2 is 1.07 bits per heavy atom. The second-order valence-corrected chi connectivity index (χ2v) is 3.89. The molecule has 0 aliphatic heterocycles. The van der Waals surface area contributed by atoms with Crippen molar-refractivity contribution in [1.29, 1.82) is 0 Å². The molecule has 0 aromatic rings. The Hall–Kier alpha value is -0.125. The number of carbonyl (C=O) groups is 2. The van der Waals surface area contributed by atoms with Gasteiger partial charge >= 0.3 is 27.7 Å². The minimum atomic E-state index is -0.869. The van der Waals surface area contributed by atoms with Crippen LogP contribution in [0.25, 0.3) is 0 Å². The number of hydrogen-bond donors (Lipinski definition) is 0. The topological polar surface area (TPSA) is 80.3 Å². The van der Waals surface area contributed by atoms with E-state index in [4.69, 9.17) is 0 Å². The molecule has 0 aromatic heterocycles. The Kier molecular flexibility index (Phi) is 7.14. The minimum Gasteiger partial charge on any atom is -0.550 e. The largest absolute Gasteiger partial charge is 2.00 e. The molecular weight excluding hydrogens is 385 g/mol. The third-order valence-electron chi connectivity index (χ3n) is 2.88. The van der Waals surface area contributed by atoms with Crippen LogP contribution in [-0.4, -0.2) is 11.9 Å². The summed E-state index contributed by atoms with van der Waals surface area (Å²) in [4.78, 5) is 19.7. The van der Waals surface area contributed by atoms with Crippen LogP contribution in [0.1, 0.15) is 38.5 Å². The van der Waals surface area contributed by atoms with Gasteiger partial charge in [-0.3, -0.25) is 0 Å². The molecule has 0 unspecified atom stereocenters. The van der Waals surface area contributed by atoms with E-state index in [-0.39, 0.29) is 39.5 Å². The number of carboxylic acids is 2. The molecule has 2 aliphatic carbocycles. The van der Waals surface area contributed by atoms with Crippen molar-refractivity contribution < 1.29 is 47.5 Å². The maximum atomic E-state index is 9.87. The predicted octanol–water partition coefficient (Wildman–Crippen LogP) is -0.930. The molecule has 0 spiro atoms. The van der Waals surface area contributed by atoms with Crippen molar-refractivity contribution in [3.63, 3.8) is 0 Å². The maximum Gasteiger partial charge on any atom is 2.00 e. The van der Waals surface area contributed by atoms with Crippen LogP contribution in [0.5, 0.6) is 0 Å².